The van der Waals surface area contributed by atoms with Gasteiger partial charge in [0, 0.05) is 24.2 Å². The van der Waals surface area contributed by atoms with Crippen molar-refractivity contribution < 1.29 is 14.7 Å². The Balaban J connectivity index is 2.66. The maximum Gasteiger partial charge on any atom is 0.251 e. The van der Waals surface area contributed by atoms with E-state index >= 15 is 0 Å². The topological polar surface area (TPSA) is 78.4 Å². The van der Waals surface area contributed by atoms with Gasteiger partial charge in [0.15, 0.2) is 0 Å². The van der Waals surface area contributed by atoms with Crippen molar-refractivity contribution in [3.63, 3.8) is 0 Å². The first-order valence-corrected chi connectivity index (χ1v) is 7.30. The summed E-state index contributed by atoms with van der Waals surface area (Å²) in [4.78, 5) is 23.9. The van der Waals surface area contributed by atoms with E-state index in [9.17, 15) is 14.7 Å². The van der Waals surface area contributed by atoms with Crippen molar-refractivity contribution >= 4 is 11.8 Å². The fourth-order valence-corrected chi connectivity index (χ4v) is 1.68. The van der Waals surface area contributed by atoms with E-state index in [1.807, 2.05) is 20.8 Å². The minimum absolute atomic E-state index is 0.0801. The van der Waals surface area contributed by atoms with Gasteiger partial charge >= 0.3 is 0 Å². The monoisotopic (exact) mass is 292 g/mol. The summed E-state index contributed by atoms with van der Waals surface area (Å²) in [5.41, 5.74) is 0.871. The van der Waals surface area contributed by atoms with Crippen LogP contribution < -0.4 is 10.6 Å². The number of amides is 2. The maximum absolute atomic E-state index is 12.0. The molecule has 116 valence electrons. The Hall–Kier alpha value is -1.88. The van der Waals surface area contributed by atoms with Gasteiger partial charge in [0.25, 0.3) is 11.8 Å². The third-order valence-corrected chi connectivity index (χ3v) is 3.16. The van der Waals surface area contributed by atoms with Crippen LogP contribution in [0.4, 0.5) is 0 Å². The van der Waals surface area contributed by atoms with Gasteiger partial charge < -0.3 is 15.7 Å². The van der Waals surface area contributed by atoms with Crippen LogP contribution in [0.1, 0.15) is 47.9 Å². The standard InChI is InChI=1S/C16H24N2O3/c1-4-8-17-15(20)12-6-5-7-13(9-12)16(21)18-10-14(19)11(2)3/h5-7,9,11,14,19H,4,8,10H2,1-3H3,(H,17,20)(H,18,21). The van der Waals surface area contributed by atoms with E-state index in [0.717, 1.165) is 6.42 Å². The highest BCUT2D eigenvalue weighted by atomic mass is 16.3. The normalized spacial score (nSPS) is 12.0. The fraction of sp³-hybridized carbons (Fsp3) is 0.500. The highest BCUT2D eigenvalue weighted by Crippen LogP contribution is 2.06. The predicted octanol–water partition coefficient (Wildman–Crippen LogP) is 1.57. The molecule has 1 aromatic carbocycles. The molecule has 0 saturated carbocycles. The number of rotatable bonds is 7. The third kappa shape index (κ3) is 5.55. The molecule has 5 heteroatoms. The van der Waals surface area contributed by atoms with Gasteiger partial charge in [-0.2, -0.15) is 0 Å². The number of nitrogens with one attached hydrogen (secondary N) is 2. The number of hydrogen-bond acceptors (Lipinski definition) is 3. The number of benzene rings is 1. The summed E-state index contributed by atoms with van der Waals surface area (Å²) in [5.74, 6) is -0.398. The van der Waals surface area contributed by atoms with E-state index in [4.69, 9.17) is 0 Å². The number of carbonyl (C=O) groups excluding carboxylic acids is 2. The van der Waals surface area contributed by atoms with E-state index in [2.05, 4.69) is 10.6 Å². The van der Waals surface area contributed by atoms with Gasteiger partial charge in [-0.1, -0.05) is 26.8 Å². The van der Waals surface area contributed by atoms with Gasteiger partial charge in [-0.3, -0.25) is 9.59 Å². The molecule has 1 aromatic rings. The van der Waals surface area contributed by atoms with Crippen molar-refractivity contribution in [2.24, 2.45) is 5.92 Å². The average molecular weight is 292 g/mol. The summed E-state index contributed by atoms with van der Waals surface area (Å²) in [7, 11) is 0. The van der Waals surface area contributed by atoms with Gasteiger partial charge in [-0.25, -0.2) is 0 Å². The molecule has 5 nitrogen and oxygen atoms in total. The molecule has 0 aliphatic carbocycles. The lowest BCUT2D eigenvalue weighted by molar-refractivity contribution is 0.0871. The lowest BCUT2D eigenvalue weighted by Crippen LogP contribution is -2.34. The van der Waals surface area contributed by atoms with Crippen molar-refractivity contribution in [2.45, 2.75) is 33.3 Å². The molecule has 0 fully saturated rings. The van der Waals surface area contributed by atoms with Crippen molar-refractivity contribution in [1.29, 1.82) is 0 Å². The SMILES string of the molecule is CCCNC(=O)c1cccc(C(=O)NCC(O)C(C)C)c1. The Morgan fingerprint density at radius 2 is 1.71 bits per heavy atom. The molecule has 21 heavy (non-hydrogen) atoms. The zero-order chi connectivity index (χ0) is 15.8. The zero-order valence-corrected chi connectivity index (χ0v) is 12.8. The Morgan fingerprint density at radius 3 is 2.24 bits per heavy atom. The highest BCUT2D eigenvalue weighted by molar-refractivity contribution is 5.99. The van der Waals surface area contributed by atoms with Gasteiger partial charge in [0.05, 0.1) is 6.10 Å². The molecule has 3 N–H and O–H groups in total. The summed E-state index contributed by atoms with van der Waals surface area (Å²) in [6, 6.07) is 6.55. The molecule has 1 atom stereocenters. The van der Waals surface area contributed by atoms with E-state index in [-0.39, 0.29) is 24.3 Å². The quantitative estimate of drug-likeness (QED) is 0.714. The average Bonchev–Trinajstić information content (AvgIpc) is 2.49. The van der Waals surface area contributed by atoms with E-state index in [1.165, 1.54) is 0 Å². The summed E-state index contributed by atoms with van der Waals surface area (Å²) in [5, 5.41) is 15.1. The van der Waals surface area contributed by atoms with Crippen molar-refractivity contribution in [3.8, 4) is 0 Å². The predicted molar refractivity (Wildman–Crippen MR) is 82.2 cm³/mol. The van der Waals surface area contributed by atoms with E-state index in [1.54, 1.807) is 24.3 Å². The fourth-order valence-electron chi connectivity index (χ4n) is 1.68. The molecule has 0 radical (unpaired) electrons. The molecule has 1 rings (SSSR count). The summed E-state index contributed by atoms with van der Waals surface area (Å²) >= 11 is 0. The van der Waals surface area contributed by atoms with Gasteiger partial charge in [-0.15, -0.1) is 0 Å². The molecular formula is C16H24N2O3. The highest BCUT2D eigenvalue weighted by Gasteiger charge is 2.13. The first-order chi connectivity index (χ1) is 9.95. The third-order valence-electron chi connectivity index (χ3n) is 3.16. The van der Waals surface area contributed by atoms with Gasteiger partial charge in [0.2, 0.25) is 0 Å². The molecule has 2 amide bonds. The maximum atomic E-state index is 12.0. The molecule has 0 aromatic heterocycles. The number of carbonyl (C=O) groups is 2. The van der Waals surface area contributed by atoms with Crippen molar-refractivity contribution in [2.75, 3.05) is 13.1 Å². The Bertz CT molecular complexity index is 486. The Morgan fingerprint density at radius 1 is 1.14 bits per heavy atom. The lowest BCUT2D eigenvalue weighted by Gasteiger charge is -2.15. The minimum Gasteiger partial charge on any atom is -0.391 e. The van der Waals surface area contributed by atoms with Crippen LogP contribution in [0.5, 0.6) is 0 Å². The van der Waals surface area contributed by atoms with Crippen molar-refractivity contribution in [3.05, 3.63) is 35.4 Å². The second-order valence-corrected chi connectivity index (χ2v) is 5.36. The minimum atomic E-state index is -0.579. The molecule has 0 saturated heterocycles. The Labute approximate surface area is 125 Å². The summed E-state index contributed by atoms with van der Waals surface area (Å²) in [6.45, 7) is 6.55. The summed E-state index contributed by atoms with van der Waals surface area (Å²) in [6.07, 6.45) is 0.281. The number of aliphatic hydroxyl groups excluding tert-OH is 1. The van der Waals surface area contributed by atoms with Crippen LogP contribution in [0.15, 0.2) is 24.3 Å². The van der Waals surface area contributed by atoms with E-state index in [0.29, 0.717) is 17.7 Å². The Kier molecular flexibility index (Phi) is 6.88. The molecule has 0 heterocycles. The molecule has 1 unspecified atom stereocenters. The van der Waals surface area contributed by atoms with Crippen LogP contribution in [-0.4, -0.2) is 36.1 Å². The lowest BCUT2D eigenvalue weighted by atomic mass is 10.1. The molecule has 0 aliphatic heterocycles. The van der Waals surface area contributed by atoms with Gasteiger partial charge in [0.1, 0.15) is 0 Å². The molecule has 0 aliphatic rings. The molecule has 0 spiro atoms. The van der Waals surface area contributed by atoms with E-state index < -0.39 is 6.10 Å². The first-order valence-electron chi connectivity index (χ1n) is 7.30. The largest absolute Gasteiger partial charge is 0.391 e. The van der Waals surface area contributed by atoms with Crippen molar-refractivity contribution in [1.82, 2.24) is 10.6 Å². The number of aliphatic hydroxyl groups is 1. The first kappa shape index (κ1) is 17.2. The van der Waals surface area contributed by atoms with Gasteiger partial charge in [-0.05, 0) is 30.5 Å². The summed E-state index contributed by atoms with van der Waals surface area (Å²) < 4.78 is 0. The van der Waals surface area contributed by atoms with Crippen LogP contribution in [0, 0.1) is 5.92 Å². The second-order valence-electron chi connectivity index (χ2n) is 5.36. The molecule has 0 bridgehead atoms. The van der Waals surface area contributed by atoms with Crippen LogP contribution in [0.25, 0.3) is 0 Å². The van der Waals surface area contributed by atoms with Crippen LogP contribution >= 0.6 is 0 Å². The molecular weight excluding hydrogens is 268 g/mol. The van der Waals surface area contributed by atoms with Crippen LogP contribution in [0.2, 0.25) is 0 Å². The van der Waals surface area contributed by atoms with Crippen LogP contribution in [-0.2, 0) is 0 Å². The van der Waals surface area contributed by atoms with Crippen LogP contribution in [0.3, 0.4) is 0 Å². The zero-order valence-electron chi connectivity index (χ0n) is 12.8. The smallest absolute Gasteiger partial charge is 0.251 e. The second kappa shape index (κ2) is 8.42. The number of hydrogen-bond donors (Lipinski definition) is 3.